The predicted octanol–water partition coefficient (Wildman–Crippen LogP) is 0.0662. The Morgan fingerprint density at radius 1 is 1.36 bits per heavy atom. The molecule has 2 aromatic rings. The van der Waals surface area contributed by atoms with Crippen LogP contribution >= 0.6 is 22.9 Å². The van der Waals surface area contributed by atoms with Gasteiger partial charge in [0.05, 0.1) is 10.2 Å². The zero-order chi connectivity index (χ0) is 6.97. The number of thiazole rings is 1. The van der Waals surface area contributed by atoms with Gasteiger partial charge in [0, 0.05) is 0 Å². The van der Waals surface area contributed by atoms with Gasteiger partial charge in [-0.2, -0.15) is 0 Å². The number of para-hydroxylation sites is 1. The zero-order valence-corrected chi connectivity index (χ0v) is 9.62. The molecule has 1 aromatic heterocycles. The first-order chi connectivity index (χ1) is 4.86. The van der Waals surface area contributed by atoms with Crippen molar-refractivity contribution in [1.82, 2.24) is 4.98 Å². The van der Waals surface area contributed by atoms with Crippen LogP contribution < -0.4 is 29.6 Å². The van der Waals surface area contributed by atoms with Crippen LogP contribution in [0.4, 0.5) is 0 Å². The third kappa shape index (κ3) is 1.95. The summed E-state index contributed by atoms with van der Waals surface area (Å²) in [6, 6.07) is 7.91. The molecule has 0 unspecified atom stereocenters. The molecule has 0 saturated heterocycles. The minimum absolute atomic E-state index is 0. The van der Waals surface area contributed by atoms with E-state index in [0.29, 0.717) is 4.47 Å². The van der Waals surface area contributed by atoms with E-state index in [0.717, 1.165) is 10.2 Å². The summed E-state index contributed by atoms with van der Waals surface area (Å²) >= 11 is 7.20. The molecule has 4 heteroatoms. The second-order valence-corrected chi connectivity index (χ2v) is 3.55. The number of aromatic nitrogens is 1. The van der Waals surface area contributed by atoms with Crippen molar-refractivity contribution in [3.63, 3.8) is 0 Å². The van der Waals surface area contributed by atoms with E-state index in [1.54, 1.807) is 0 Å². The third-order valence-corrected chi connectivity index (χ3v) is 2.41. The molecular formula is C7H5ClNNaS. The standard InChI is InChI=1S/C7H4ClNS.Na.H/c8-7-9-5-3-1-2-4-6(5)10-7;;/h1-4H;;/q;+1;-1. The number of hydrogen-bond acceptors (Lipinski definition) is 2. The van der Waals surface area contributed by atoms with Crippen LogP contribution in [0.1, 0.15) is 1.43 Å². The van der Waals surface area contributed by atoms with Crippen molar-refractivity contribution in [2.75, 3.05) is 0 Å². The fourth-order valence-electron chi connectivity index (χ4n) is 0.844. The van der Waals surface area contributed by atoms with Gasteiger partial charge in [0.15, 0.2) is 4.47 Å². The molecule has 0 radical (unpaired) electrons. The van der Waals surface area contributed by atoms with E-state index in [2.05, 4.69) is 4.98 Å². The van der Waals surface area contributed by atoms with Crippen LogP contribution in [0.2, 0.25) is 4.47 Å². The van der Waals surface area contributed by atoms with Gasteiger partial charge in [0.1, 0.15) is 0 Å². The molecule has 0 atom stereocenters. The summed E-state index contributed by atoms with van der Waals surface area (Å²) in [6.07, 6.45) is 0. The Hall–Kier alpha value is 0.400. The van der Waals surface area contributed by atoms with Crippen molar-refractivity contribution in [1.29, 1.82) is 0 Å². The van der Waals surface area contributed by atoms with Gasteiger partial charge in [-0.25, -0.2) is 4.98 Å². The molecule has 2 rings (SSSR count). The Labute approximate surface area is 97.2 Å². The van der Waals surface area contributed by atoms with Gasteiger partial charge >= 0.3 is 29.6 Å². The first-order valence-corrected chi connectivity index (χ1v) is 4.07. The first-order valence-electron chi connectivity index (χ1n) is 2.87. The van der Waals surface area contributed by atoms with Crippen LogP contribution in [-0.4, -0.2) is 4.98 Å². The van der Waals surface area contributed by atoms with Crippen LogP contribution in [0.3, 0.4) is 0 Å². The van der Waals surface area contributed by atoms with Crippen LogP contribution in [0.5, 0.6) is 0 Å². The normalized spacial score (nSPS) is 9.55. The monoisotopic (exact) mass is 193 g/mol. The fraction of sp³-hybridized carbons (Fsp3) is 0. The third-order valence-electron chi connectivity index (χ3n) is 1.27. The van der Waals surface area contributed by atoms with E-state index < -0.39 is 0 Å². The van der Waals surface area contributed by atoms with Gasteiger partial charge in [-0.05, 0) is 12.1 Å². The average molecular weight is 194 g/mol. The molecule has 1 aromatic carbocycles. The van der Waals surface area contributed by atoms with Crippen molar-refractivity contribution in [2.45, 2.75) is 0 Å². The van der Waals surface area contributed by atoms with E-state index in [-0.39, 0.29) is 31.0 Å². The summed E-state index contributed by atoms with van der Waals surface area (Å²) in [7, 11) is 0. The zero-order valence-electron chi connectivity index (χ0n) is 7.04. The molecule has 0 aliphatic rings. The van der Waals surface area contributed by atoms with Crippen LogP contribution in [0, 0.1) is 0 Å². The van der Waals surface area contributed by atoms with E-state index in [1.165, 1.54) is 11.3 Å². The average Bonchev–Trinajstić information content (AvgIpc) is 2.27. The second kappa shape index (κ2) is 3.87. The van der Waals surface area contributed by atoms with E-state index in [1.807, 2.05) is 24.3 Å². The Kier molecular flexibility index (Phi) is 3.34. The van der Waals surface area contributed by atoms with Gasteiger partial charge in [-0.1, -0.05) is 23.7 Å². The molecule has 0 amide bonds. The van der Waals surface area contributed by atoms with Gasteiger partial charge in [0.2, 0.25) is 0 Å². The van der Waals surface area contributed by atoms with E-state index >= 15 is 0 Å². The molecule has 0 bridgehead atoms. The molecule has 0 aliphatic carbocycles. The summed E-state index contributed by atoms with van der Waals surface area (Å²) in [5, 5.41) is 0. The van der Waals surface area contributed by atoms with Crippen LogP contribution in [-0.2, 0) is 0 Å². The summed E-state index contributed by atoms with van der Waals surface area (Å²) in [5.41, 5.74) is 0.984. The SMILES string of the molecule is Clc1nc2ccccc2s1.[H-].[Na+]. The van der Waals surface area contributed by atoms with E-state index in [9.17, 15) is 0 Å². The minimum Gasteiger partial charge on any atom is -1.00 e. The van der Waals surface area contributed by atoms with Gasteiger partial charge in [0.25, 0.3) is 0 Å². The smallest absolute Gasteiger partial charge is 1.00 e. The van der Waals surface area contributed by atoms with Crippen molar-refractivity contribution < 1.29 is 31.0 Å². The molecule has 11 heavy (non-hydrogen) atoms. The molecule has 0 spiro atoms. The number of nitrogens with zero attached hydrogens (tertiary/aromatic N) is 1. The van der Waals surface area contributed by atoms with Gasteiger partial charge in [-0.15, -0.1) is 11.3 Å². The second-order valence-electron chi connectivity index (χ2n) is 1.93. The Bertz CT molecular complexity index is 332. The van der Waals surface area contributed by atoms with Gasteiger partial charge < -0.3 is 1.43 Å². The molecular weight excluding hydrogens is 189 g/mol. The molecule has 0 N–H and O–H groups in total. The quantitative estimate of drug-likeness (QED) is 0.540. The Morgan fingerprint density at radius 3 is 2.82 bits per heavy atom. The maximum atomic E-state index is 5.69. The molecule has 52 valence electrons. The fourth-order valence-corrected chi connectivity index (χ4v) is 1.87. The van der Waals surface area contributed by atoms with Crippen LogP contribution in [0.15, 0.2) is 24.3 Å². The van der Waals surface area contributed by atoms with Crippen molar-refractivity contribution >= 4 is 33.2 Å². The first kappa shape index (κ1) is 9.49. The minimum atomic E-state index is 0. The molecule has 0 fully saturated rings. The molecule has 1 nitrogen and oxygen atoms in total. The number of rotatable bonds is 0. The molecule has 0 saturated carbocycles. The van der Waals surface area contributed by atoms with Gasteiger partial charge in [-0.3, -0.25) is 0 Å². The van der Waals surface area contributed by atoms with E-state index in [4.69, 9.17) is 11.6 Å². The Balaban J connectivity index is 0.000000605. The summed E-state index contributed by atoms with van der Waals surface area (Å²) in [6.45, 7) is 0. The summed E-state index contributed by atoms with van der Waals surface area (Å²) in [5.74, 6) is 0. The largest absolute Gasteiger partial charge is 1.00 e. The number of hydrogen-bond donors (Lipinski definition) is 0. The summed E-state index contributed by atoms with van der Waals surface area (Å²) in [4.78, 5) is 4.10. The topological polar surface area (TPSA) is 12.9 Å². The predicted molar refractivity (Wildman–Crippen MR) is 45.7 cm³/mol. The van der Waals surface area contributed by atoms with Crippen molar-refractivity contribution in [2.24, 2.45) is 0 Å². The van der Waals surface area contributed by atoms with Crippen molar-refractivity contribution in [3.8, 4) is 0 Å². The number of fused-ring (bicyclic) bond motifs is 1. The maximum absolute atomic E-state index is 5.69. The molecule has 0 aliphatic heterocycles. The number of benzene rings is 1. The number of halogens is 1. The maximum Gasteiger partial charge on any atom is 1.00 e. The van der Waals surface area contributed by atoms with Crippen molar-refractivity contribution in [3.05, 3.63) is 28.7 Å². The Morgan fingerprint density at radius 2 is 2.09 bits per heavy atom. The molecule has 1 heterocycles. The van der Waals surface area contributed by atoms with Crippen LogP contribution in [0.25, 0.3) is 10.2 Å². The summed E-state index contributed by atoms with van der Waals surface area (Å²) < 4.78 is 1.76.